The van der Waals surface area contributed by atoms with Gasteiger partial charge in [0.05, 0.1) is 17.4 Å². The number of aromatic nitrogens is 1. The first-order chi connectivity index (χ1) is 15.6. The Balaban J connectivity index is 1.98. The van der Waals surface area contributed by atoms with Crippen LogP contribution in [0.2, 0.25) is 5.02 Å². The summed E-state index contributed by atoms with van der Waals surface area (Å²) in [7, 11) is 0. The predicted octanol–water partition coefficient (Wildman–Crippen LogP) is 5.74. The molecule has 0 unspecified atom stereocenters. The first-order valence-electron chi connectivity index (χ1n) is 10.8. The van der Waals surface area contributed by atoms with Crippen molar-refractivity contribution in [3.8, 4) is 0 Å². The van der Waals surface area contributed by atoms with Crippen molar-refractivity contribution in [3.05, 3.63) is 80.5 Å². The van der Waals surface area contributed by atoms with Crippen LogP contribution in [0.15, 0.2) is 48.5 Å². The van der Waals surface area contributed by atoms with Gasteiger partial charge in [-0.3, -0.25) is 10.1 Å². The van der Waals surface area contributed by atoms with Gasteiger partial charge in [-0.05, 0) is 50.1 Å². The predicted molar refractivity (Wildman–Crippen MR) is 126 cm³/mol. The lowest BCUT2D eigenvalue weighted by Crippen LogP contribution is -2.40. The number of carbonyl (C=O) groups is 2. The van der Waals surface area contributed by atoms with Crippen molar-refractivity contribution in [2.45, 2.75) is 57.1 Å². The van der Waals surface area contributed by atoms with Crippen molar-refractivity contribution >= 4 is 34.9 Å². The minimum atomic E-state index is -1.03. The van der Waals surface area contributed by atoms with Crippen molar-refractivity contribution < 1.29 is 19.2 Å². The zero-order valence-electron chi connectivity index (χ0n) is 18.7. The van der Waals surface area contributed by atoms with E-state index in [0.717, 1.165) is 17.2 Å². The van der Waals surface area contributed by atoms with E-state index < -0.39 is 29.6 Å². The fourth-order valence-electron chi connectivity index (χ4n) is 4.91. The van der Waals surface area contributed by atoms with Crippen molar-refractivity contribution in [2.75, 3.05) is 0 Å². The summed E-state index contributed by atoms with van der Waals surface area (Å²) in [6, 6.07) is 13.2. The molecule has 1 heterocycles. The van der Waals surface area contributed by atoms with Gasteiger partial charge >= 0.3 is 6.09 Å². The molecule has 0 saturated heterocycles. The lowest BCUT2D eigenvalue weighted by atomic mass is 9.71. The number of para-hydroxylation sites is 1. The number of nitro groups is 1. The zero-order chi connectivity index (χ0) is 23.9. The van der Waals surface area contributed by atoms with E-state index in [-0.39, 0.29) is 17.8 Å². The zero-order valence-corrected chi connectivity index (χ0v) is 19.4. The van der Waals surface area contributed by atoms with Gasteiger partial charge in [0.2, 0.25) is 6.04 Å². The number of hydrogen-bond donors (Lipinski definition) is 0. The van der Waals surface area contributed by atoms with Crippen LogP contribution in [0.4, 0.5) is 4.79 Å². The smallest absolute Gasteiger partial charge is 0.419 e. The maximum Gasteiger partial charge on any atom is 0.419 e. The Morgan fingerprint density at radius 1 is 1.21 bits per heavy atom. The number of carbonyl (C=O) groups excluding carboxylic acids is 2. The highest BCUT2D eigenvalue weighted by Gasteiger charge is 2.48. The number of hydrogen-bond acceptors (Lipinski definition) is 5. The fraction of sp³-hybridized carbons (Fsp3) is 0.360. The van der Waals surface area contributed by atoms with E-state index in [4.69, 9.17) is 16.3 Å². The van der Waals surface area contributed by atoms with E-state index in [2.05, 4.69) is 0 Å². The molecule has 0 aliphatic heterocycles. The highest BCUT2D eigenvalue weighted by Crippen LogP contribution is 2.47. The van der Waals surface area contributed by atoms with Gasteiger partial charge in [-0.15, -0.1) is 0 Å². The van der Waals surface area contributed by atoms with E-state index in [1.54, 1.807) is 51.1 Å². The Bertz CT molecular complexity index is 1230. The van der Waals surface area contributed by atoms with Crippen LogP contribution < -0.4 is 0 Å². The molecule has 8 heteroatoms. The number of nitrogens with zero attached hydrogens (tertiary/aromatic N) is 2. The molecule has 7 nitrogen and oxygen atoms in total. The molecule has 1 aromatic heterocycles. The Hall–Kier alpha value is -3.19. The summed E-state index contributed by atoms with van der Waals surface area (Å²) in [6.45, 7) is 5.37. The molecule has 33 heavy (non-hydrogen) atoms. The van der Waals surface area contributed by atoms with Crippen LogP contribution in [-0.2, 0) is 16.0 Å². The fourth-order valence-corrected chi connectivity index (χ4v) is 5.03. The summed E-state index contributed by atoms with van der Waals surface area (Å²) in [4.78, 5) is 37.0. The van der Waals surface area contributed by atoms with Crippen molar-refractivity contribution in [2.24, 2.45) is 0 Å². The van der Waals surface area contributed by atoms with Crippen LogP contribution >= 0.6 is 11.6 Å². The monoisotopic (exact) mass is 468 g/mol. The first-order valence-corrected chi connectivity index (χ1v) is 11.2. The lowest BCUT2D eigenvalue weighted by Gasteiger charge is -2.33. The van der Waals surface area contributed by atoms with Gasteiger partial charge in [0.15, 0.2) is 0 Å². The van der Waals surface area contributed by atoms with Gasteiger partial charge in [-0.25, -0.2) is 9.36 Å². The average Bonchev–Trinajstić information content (AvgIpc) is 3.07. The third kappa shape index (κ3) is 4.25. The molecule has 3 atom stereocenters. The summed E-state index contributed by atoms with van der Waals surface area (Å²) < 4.78 is 7.21. The quantitative estimate of drug-likeness (QED) is 0.277. The van der Waals surface area contributed by atoms with Gasteiger partial charge in [-0.2, -0.15) is 0 Å². The Morgan fingerprint density at radius 3 is 2.48 bits per heavy atom. The SMILES string of the molecule is CC(C)(C)OC(=O)n1c2c(c3ccccc31)[C@H](CC=O)[C@@H]([N+](=O)[O-])[C@H](c1ccc(Cl)cc1)C2. The standard InChI is InChI=1S/C25H25ClN2O5/c1-25(2,3)33-24(30)27-20-7-5-4-6-17(20)22-18(12-13-29)23(28(31)32)19(14-21(22)27)15-8-10-16(26)11-9-15/h4-11,13,18-19,23H,12,14H2,1-3H3/t18-,19-,23+/m0/s1. The minimum absolute atomic E-state index is 0.0228. The van der Waals surface area contributed by atoms with Gasteiger partial charge in [0.1, 0.15) is 11.9 Å². The van der Waals surface area contributed by atoms with E-state index in [0.29, 0.717) is 21.8 Å². The molecule has 1 aliphatic carbocycles. The topological polar surface area (TPSA) is 91.4 Å². The number of rotatable bonds is 4. The number of aldehydes is 1. The number of halogens is 1. The molecule has 0 fully saturated rings. The van der Waals surface area contributed by atoms with Crippen LogP contribution in [0.1, 0.15) is 55.8 Å². The number of ether oxygens (including phenoxy) is 1. The van der Waals surface area contributed by atoms with Crippen LogP contribution in [0.3, 0.4) is 0 Å². The first kappa shape index (κ1) is 23.0. The second-order valence-corrected chi connectivity index (χ2v) is 9.78. The van der Waals surface area contributed by atoms with Crippen molar-refractivity contribution in [1.82, 2.24) is 4.57 Å². The second-order valence-electron chi connectivity index (χ2n) is 9.34. The third-order valence-corrected chi connectivity index (χ3v) is 6.34. The lowest BCUT2D eigenvalue weighted by molar-refractivity contribution is -0.532. The molecule has 0 radical (unpaired) electrons. The summed E-state index contributed by atoms with van der Waals surface area (Å²) in [6.07, 6.45) is 0.408. The molecule has 1 aliphatic rings. The summed E-state index contributed by atoms with van der Waals surface area (Å²) in [5.41, 5.74) is 1.96. The largest absolute Gasteiger partial charge is 0.443 e. The van der Waals surface area contributed by atoms with E-state index in [9.17, 15) is 19.7 Å². The minimum Gasteiger partial charge on any atom is -0.443 e. The molecule has 0 saturated carbocycles. The van der Waals surface area contributed by atoms with Gasteiger partial charge < -0.3 is 9.53 Å². The Kier molecular flexibility index (Phi) is 6.01. The maximum absolute atomic E-state index is 13.3. The summed E-state index contributed by atoms with van der Waals surface area (Å²) in [5, 5.41) is 13.6. The molecule has 4 rings (SSSR count). The molecular formula is C25H25ClN2O5. The van der Waals surface area contributed by atoms with Crippen LogP contribution in [0.25, 0.3) is 10.9 Å². The highest BCUT2D eigenvalue weighted by molar-refractivity contribution is 6.30. The summed E-state index contributed by atoms with van der Waals surface area (Å²) in [5.74, 6) is -1.23. The van der Waals surface area contributed by atoms with Gasteiger partial charge in [0, 0.05) is 33.9 Å². The maximum atomic E-state index is 13.3. The van der Waals surface area contributed by atoms with E-state index >= 15 is 0 Å². The molecule has 0 bridgehead atoms. The normalized spacial score (nSPS) is 20.3. The molecule has 172 valence electrons. The molecular weight excluding hydrogens is 444 g/mol. The summed E-state index contributed by atoms with van der Waals surface area (Å²) >= 11 is 6.05. The van der Waals surface area contributed by atoms with Crippen LogP contribution in [-0.4, -0.2) is 33.5 Å². The average molecular weight is 469 g/mol. The van der Waals surface area contributed by atoms with Gasteiger partial charge in [-0.1, -0.05) is 41.9 Å². The second kappa shape index (κ2) is 8.63. The Morgan fingerprint density at radius 2 is 1.88 bits per heavy atom. The molecule has 0 amide bonds. The molecule has 0 spiro atoms. The van der Waals surface area contributed by atoms with Gasteiger partial charge in [0.25, 0.3) is 0 Å². The number of fused-ring (bicyclic) bond motifs is 3. The van der Waals surface area contributed by atoms with Crippen molar-refractivity contribution in [3.63, 3.8) is 0 Å². The number of benzene rings is 2. The van der Waals surface area contributed by atoms with E-state index in [1.165, 1.54) is 4.57 Å². The highest BCUT2D eigenvalue weighted by atomic mass is 35.5. The Labute approximate surface area is 196 Å². The van der Waals surface area contributed by atoms with Crippen LogP contribution in [0, 0.1) is 10.1 Å². The molecule has 2 aromatic carbocycles. The van der Waals surface area contributed by atoms with E-state index in [1.807, 2.05) is 18.2 Å². The molecule has 0 N–H and O–H groups in total. The molecule has 3 aromatic rings. The third-order valence-electron chi connectivity index (χ3n) is 6.09. The van der Waals surface area contributed by atoms with Crippen molar-refractivity contribution in [1.29, 1.82) is 0 Å². The van der Waals surface area contributed by atoms with Crippen LogP contribution in [0.5, 0.6) is 0 Å².